The van der Waals surface area contributed by atoms with Gasteiger partial charge in [0, 0.05) is 19.0 Å². The largest absolute Gasteiger partial charge is 0.447 e. The molecule has 0 atom stereocenters. The summed E-state index contributed by atoms with van der Waals surface area (Å²) in [6.45, 7) is 7.56. The number of ether oxygens (including phenoxy) is 1. The summed E-state index contributed by atoms with van der Waals surface area (Å²) in [4.78, 5) is 20.4. The minimum absolute atomic E-state index is 0.242. The van der Waals surface area contributed by atoms with Gasteiger partial charge >= 0.3 is 6.09 Å². The number of carbonyl (C=O) groups excluding carboxylic acids is 1. The van der Waals surface area contributed by atoms with Crippen LogP contribution in [0.5, 0.6) is 0 Å². The standard InChI is InChI=1S/C18H22N4O3/c1-12(2)17-19-16(20-25-17)11-21-7-6-14-13(10-21)4-3-5-15(14)22-8-9-24-18(22)23/h3-5,12H,6-11H2,1-2H3. The Labute approximate surface area is 146 Å². The lowest BCUT2D eigenvalue weighted by molar-refractivity contribution is 0.181. The van der Waals surface area contributed by atoms with Crippen LogP contribution in [0.25, 0.3) is 0 Å². The Bertz CT molecular complexity index is 786. The number of cyclic esters (lactones) is 1. The molecule has 0 saturated carbocycles. The van der Waals surface area contributed by atoms with Crippen LogP contribution in [0.15, 0.2) is 22.7 Å². The second kappa shape index (κ2) is 6.48. The first-order chi connectivity index (χ1) is 12.1. The second-order valence-corrected chi connectivity index (χ2v) is 6.85. The van der Waals surface area contributed by atoms with Crippen molar-refractivity contribution in [1.29, 1.82) is 0 Å². The van der Waals surface area contributed by atoms with Crippen LogP contribution < -0.4 is 4.90 Å². The second-order valence-electron chi connectivity index (χ2n) is 6.85. The molecule has 4 rings (SSSR count). The number of nitrogens with zero attached hydrogens (tertiary/aromatic N) is 4. The van der Waals surface area contributed by atoms with E-state index in [4.69, 9.17) is 9.26 Å². The number of anilines is 1. The summed E-state index contributed by atoms with van der Waals surface area (Å²) < 4.78 is 10.4. The van der Waals surface area contributed by atoms with Gasteiger partial charge in [-0.25, -0.2) is 4.79 Å². The van der Waals surface area contributed by atoms with Crippen LogP contribution in [-0.2, 0) is 24.2 Å². The molecule has 7 nitrogen and oxygen atoms in total. The van der Waals surface area contributed by atoms with Crippen molar-refractivity contribution in [3.05, 3.63) is 41.0 Å². The van der Waals surface area contributed by atoms with Crippen molar-refractivity contribution in [1.82, 2.24) is 15.0 Å². The molecule has 2 aliphatic heterocycles. The third-order valence-corrected chi connectivity index (χ3v) is 4.71. The topological polar surface area (TPSA) is 71.7 Å². The van der Waals surface area contributed by atoms with E-state index in [-0.39, 0.29) is 12.0 Å². The normalized spacial score (nSPS) is 17.9. The molecule has 2 aromatic rings. The summed E-state index contributed by atoms with van der Waals surface area (Å²) in [6, 6.07) is 6.14. The Kier molecular flexibility index (Phi) is 4.17. The zero-order valence-corrected chi connectivity index (χ0v) is 14.6. The maximum Gasteiger partial charge on any atom is 0.414 e. The van der Waals surface area contributed by atoms with E-state index in [1.807, 2.05) is 26.0 Å². The molecule has 0 aliphatic carbocycles. The SMILES string of the molecule is CC(C)c1nc(CN2CCc3c(cccc3N3CCOC3=O)C2)no1. The lowest BCUT2D eigenvalue weighted by Crippen LogP contribution is -2.33. The minimum atomic E-state index is -0.246. The molecule has 1 aromatic carbocycles. The van der Waals surface area contributed by atoms with E-state index in [1.54, 1.807) is 4.90 Å². The van der Waals surface area contributed by atoms with Crippen LogP contribution in [0.1, 0.15) is 42.6 Å². The van der Waals surface area contributed by atoms with Gasteiger partial charge in [0.15, 0.2) is 5.82 Å². The summed E-state index contributed by atoms with van der Waals surface area (Å²) in [6.07, 6.45) is 0.647. The summed E-state index contributed by atoms with van der Waals surface area (Å²) in [7, 11) is 0. The summed E-state index contributed by atoms with van der Waals surface area (Å²) in [5.41, 5.74) is 3.48. The number of amides is 1. The molecule has 132 valence electrons. The zero-order valence-electron chi connectivity index (χ0n) is 14.6. The minimum Gasteiger partial charge on any atom is -0.447 e. The van der Waals surface area contributed by atoms with Crippen molar-refractivity contribution in [2.24, 2.45) is 0 Å². The van der Waals surface area contributed by atoms with E-state index >= 15 is 0 Å². The third kappa shape index (κ3) is 3.11. The Hall–Kier alpha value is -2.41. The van der Waals surface area contributed by atoms with Gasteiger partial charge in [-0.15, -0.1) is 0 Å². The monoisotopic (exact) mass is 342 g/mol. The van der Waals surface area contributed by atoms with Crippen LogP contribution in [0.4, 0.5) is 10.5 Å². The third-order valence-electron chi connectivity index (χ3n) is 4.71. The van der Waals surface area contributed by atoms with Crippen LogP contribution in [-0.4, -0.2) is 40.8 Å². The number of aromatic nitrogens is 2. The fraction of sp³-hybridized carbons (Fsp3) is 0.500. The highest BCUT2D eigenvalue weighted by molar-refractivity contribution is 5.90. The molecule has 1 amide bonds. The summed E-state index contributed by atoms with van der Waals surface area (Å²) in [5, 5.41) is 4.08. The molecule has 2 aliphatic rings. The Morgan fingerprint density at radius 3 is 2.88 bits per heavy atom. The predicted octanol–water partition coefficient (Wildman–Crippen LogP) is 2.71. The lowest BCUT2D eigenvalue weighted by atomic mass is 9.97. The van der Waals surface area contributed by atoms with Gasteiger partial charge in [-0.3, -0.25) is 9.80 Å². The van der Waals surface area contributed by atoms with Crippen molar-refractivity contribution < 1.29 is 14.1 Å². The van der Waals surface area contributed by atoms with Gasteiger partial charge in [-0.1, -0.05) is 31.1 Å². The smallest absolute Gasteiger partial charge is 0.414 e. The molecule has 0 N–H and O–H groups in total. The van der Waals surface area contributed by atoms with E-state index < -0.39 is 0 Å². The van der Waals surface area contributed by atoms with Crippen molar-refractivity contribution in [2.75, 3.05) is 24.6 Å². The van der Waals surface area contributed by atoms with Crippen LogP contribution in [0, 0.1) is 0 Å². The molecule has 0 unspecified atom stereocenters. The van der Waals surface area contributed by atoms with Gasteiger partial charge in [0.2, 0.25) is 5.89 Å². The maximum absolute atomic E-state index is 11.9. The number of rotatable bonds is 4. The highest BCUT2D eigenvalue weighted by atomic mass is 16.6. The van der Waals surface area contributed by atoms with Crippen LogP contribution in [0.2, 0.25) is 0 Å². The molecule has 25 heavy (non-hydrogen) atoms. The summed E-state index contributed by atoms with van der Waals surface area (Å²) in [5.74, 6) is 1.65. The molecule has 0 radical (unpaired) electrons. The lowest BCUT2D eigenvalue weighted by Gasteiger charge is -2.30. The average molecular weight is 342 g/mol. The van der Waals surface area contributed by atoms with Gasteiger partial charge in [0.1, 0.15) is 6.61 Å². The highest BCUT2D eigenvalue weighted by Gasteiger charge is 2.28. The predicted molar refractivity (Wildman–Crippen MR) is 91.3 cm³/mol. The maximum atomic E-state index is 11.9. The van der Waals surface area contributed by atoms with Gasteiger partial charge in [-0.05, 0) is 23.6 Å². The number of fused-ring (bicyclic) bond motifs is 1. The number of benzene rings is 1. The molecule has 1 fully saturated rings. The molecular weight excluding hydrogens is 320 g/mol. The van der Waals surface area contributed by atoms with Crippen LogP contribution in [0.3, 0.4) is 0 Å². The average Bonchev–Trinajstić information content (AvgIpc) is 3.23. The molecule has 1 aromatic heterocycles. The quantitative estimate of drug-likeness (QED) is 0.851. The van der Waals surface area contributed by atoms with Crippen LogP contribution >= 0.6 is 0 Å². The zero-order chi connectivity index (χ0) is 17.4. The fourth-order valence-corrected chi connectivity index (χ4v) is 3.41. The van der Waals surface area contributed by atoms with Crippen molar-refractivity contribution in [2.45, 2.75) is 39.3 Å². The number of carbonyl (C=O) groups is 1. The number of hydrogen-bond donors (Lipinski definition) is 0. The van der Waals surface area contributed by atoms with E-state index in [2.05, 4.69) is 21.1 Å². The molecular formula is C18H22N4O3. The first kappa shape index (κ1) is 16.1. The molecule has 7 heteroatoms. The molecule has 0 bridgehead atoms. The summed E-state index contributed by atoms with van der Waals surface area (Å²) >= 11 is 0. The molecule has 1 saturated heterocycles. The fourth-order valence-electron chi connectivity index (χ4n) is 3.41. The first-order valence-corrected chi connectivity index (χ1v) is 8.71. The Morgan fingerprint density at radius 1 is 1.28 bits per heavy atom. The van der Waals surface area contributed by atoms with Crippen molar-refractivity contribution in [3.63, 3.8) is 0 Å². The van der Waals surface area contributed by atoms with E-state index in [1.165, 1.54) is 11.1 Å². The van der Waals surface area contributed by atoms with E-state index in [0.717, 1.165) is 31.0 Å². The van der Waals surface area contributed by atoms with E-state index in [0.29, 0.717) is 25.6 Å². The molecule has 0 spiro atoms. The van der Waals surface area contributed by atoms with Gasteiger partial charge in [0.05, 0.1) is 18.8 Å². The Morgan fingerprint density at radius 2 is 2.16 bits per heavy atom. The van der Waals surface area contributed by atoms with Gasteiger partial charge in [-0.2, -0.15) is 4.98 Å². The molecule has 3 heterocycles. The first-order valence-electron chi connectivity index (χ1n) is 8.71. The van der Waals surface area contributed by atoms with E-state index in [9.17, 15) is 4.79 Å². The van der Waals surface area contributed by atoms with Gasteiger partial charge < -0.3 is 9.26 Å². The number of hydrogen-bond acceptors (Lipinski definition) is 6. The van der Waals surface area contributed by atoms with Gasteiger partial charge in [0.25, 0.3) is 0 Å². The van der Waals surface area contributed by atoms with Crippen molar-refractivity contribution in [3.8, 4) is 0 Å². The Balaban J connectivity index is 1.50. The highest BCUT2D eigenvalue weighted by Crippen LogP contribution is 2.31. The van der Waals surface area contributed by atoms with Crippen molar-refractivity contribution >= 4 is 11.8 Å².